The van der Waals surface area contributed by atoms with Gasteiger partial charge in [0.15, 0.2) is 5.82 Å². The Labute approximate surface area is 209 Å². The molecule has 0 bridgehead atoms. The van der Waals surface area contributed by atoms with Crippen LogP contribution in [-0.4, -0.2) is 37.3 Å². The molecule has 8 heteroatoms. The van der Waals surface area contributed by atoms with Gasteiger partial charge in [-0.1, -0.05) is 44.2 Å². The summed E-state index contributed by atoms with van der Waals surface area (Å²) in [4.78, 5) is 14.0. The quantitative estimate of drug-likeness (QED) is 0.297. The minimum Gasteiger partial charge on any atom is -0.367 e. The van der Waals surface area contributed by atoms with Crippen molar-refractivity contribution in [3.05, 3.63) is 78.2 Å². The van der Waals surface area contributed by atoms with Crippen LogP contribution in [0.2, 0.25) is 0 Å². The number of nitrogens with zero attached hydrogens (tertiary/aromatic N) is 5. The minimum absolute atomic E-state index is 0.0412. The van der Waals surface area contributed by atoms with Crippen LogP contribution in [0, 0.1) is 5.92 Å². The topological polar surface area (TPSA) is 94.5 Å². The summed E-state index contributed by atoms with van der Waals surface area (Å²) < 4.78 is 3.01. The SMILES string of the molecule is CC(C)Cn1cc(-c2csc3c(NC[C@@H](N)Cc4ccccc4)nc(-c4ccncc4)nc23)cn1. The number of anilines is 1. The lowest BCUT2D eigenvalue weighted by atomic mass is 10.1. The second-order valence-corrected chi connectivity index (χ2v) is 10.0. The van der Waals surface area contributed by atoms with E-state index in [9.17, 15) is 0 Å². The number of rotatable bonds is 9. The van der Waals surface area contributed by atoms with Crippen molar-refractivity contribution in [2.75, 3.05) is 11.9 Å². The van der Waals surface area contributed by atoms with Crippen molar-refractivity contribution in [1.82, 2.24) is 24.7 Å². The summed E-state index contributed by atoms with van der Waals surface area (Å²) in [6.45, 7) is 5.87. The fourth-order valence-corrected chi connectivity index (χ4v) is 5.05. The van der Waals surface area contributed by atoms with Crippen LogP contribution < -0.4 is 11.1 Å². The van der Waals surface area contributed by atoms with Crippen LogP contribution in [0.4, 0.5) is 5.82 Å². The molecule has 0 saturated heterocycles. The van der Waals surface area contributed by atoms with Crippen molar-refractivity contribution < 1.29 is 0 Å². The standard InChI is InChI=1S/C27H29N7S/c1-18(2)15-34-16-21(13-31-34)23-17-35-25-24(23)32-26(20-8-10-29-11-9-20)33-27(25)30-14-22(28)12-19-6-4-3-5-7-19/h3-11,13,16-18,22H,12,14-15,28H2,1-2H3,(H,30,32,33)/t22-/m0/s1. The largest absolute Gasteiger partial charge is 0.367 e. The number of hydrogen-bond donors (Lipinski definition) is 2. The highest BCUT2D eigenvalue weighted by atomic mass is 32.1. The summed E-state index contributed by atoms with van der Waals surface area (Å²) in [7, 11) is 0. The summed E-state index contributed by atoms with van der Waals surface area (Å²) in [5.74, 6) is 1.99. The van der Waals surface area contributed by atoms with Crippen LogP contribution in [0.15, 0.2) is 72.6 Å². The first-order chi connectivity index (χ1) is 17.1. The third kappa shape index (κ3) is 5.39. The lowest BCUT2D eigenvalue weighted by molar-refractivity contribution is 0.483. The molecule has 0 radical (unpaired) electrons. The Bertz CT molecular complexity index is 1390. The number of hydrogen-bond acceptors (Lipinski definition) is 7. The molecule has 4 heterocycles. The van der Waals surface area contributed by atoms with E-state index in [0.717, 1.165) is 45.7 Å². The average Bonchev–Trinajstić information content (AvgIpc) is 3.50. The van der Waals surface area contributed by atoms with Crippen molar-refractivity contribution in [1.29, 1.82) is 0 Å². The monoisotopic (exact) mass is 483 g/mol. The van der Waals surface area contributed by atoms with Crippen molar-refractivity contribution in [3.63, 3.8) is 0 Å². The second-order valence-electron chi connectivity index (χ2n) is 9.13. The lowest BCUT2D eigenvalue weighted by Crippen LogP contribution is -2.31. The normalized spacial score (nSPS) is 12.3. The van der Waals surface area contributed by atoms with Gasteiger partial charge in [-0.05, 0) is 30.0 Å². The van der Waals surface area contributed by atoms with E-state index in [2.05, 4.69) is 53.0 Å². The van der Waals surface area contributed by atoms with E-state index < -0.39 is 0 Å². The predicted octanol–water partition coefficient (Wildman–Crippen LogP) is 5.25. The second kappa shape index (κ2) is 10.3. The minimum atomic E-state index is -0.0412. The van der Waals surface area contributed by atoms with E-state index in [1.54, 1.807) is 23.7 Å². The van der Waals surface area contributed by atoms with Gasteiger partial charge >= 0.3 is 0 Å². The molecule has 0 aliphatic heterocycles. The number of benzene rings is 1. The van der Waals surface area contributed by atoms with E-state index in [-0.39, 0.29) is 6.04 Å². The molecule has 3 N–H and O–H groups in total. The van der Waals surface area contributed by atoms with Gasteiger partial charge in [-0.25, -0.2) is 9.97 Å². The summed E-state index contributed by atoms with van der Waals surface area (Å²) >= 11 is 1.64. The molecule has 0 unspecified atom stereocenters. The highest BCUT2D eigenvalue weighted by molar-refractivity contribution is 7.18. The van der Waals surface area contributed by atoms with Gasteiger partial charge in [0.1, 0.15) is 5.82 Å². The molecule has 5 rings (SSSR count). The van der Waals surface area contributed by atoms with Crippen LogP contribution >= 0.6 is 11.3 Å². The van der Waals surface area contributed by atoms with Gasteiger partial charge in [0, 0.05) is 59.8 Å². The molecule has 178 valence electrons. The highest BCUT2D eigenvalue weighted by Gasteiger charge is 2.17. The van der Waals surface area contributed by atoms with Crippen molar-refractivity contribution in [3.8, 4) is 22.5 Å². The molecule has 1 aromatic carbocycles. The van der Waals surface area contributed by atoms with Gasteiger partial charge in [-0.2, -0.15) is 5.10 Å². The zero-order chi connectivity index (χ0) is 24.2. The number of thiophene rings is 1. The first kappa shape index (κ1) is 23.1. The van der Waals surface area contributed by atoms with Crippen molar-refractivity contribution in [2.24, 2.45) is 11.7 Å². The Morgan fingerprint density at radius 3 is 2.60 bits per heavy atom. The smallest absolute Gasteiger partial charge is 0.162 e. The molecule has 5 aromatic rings. The number of fused-ring (bicyclic) bond motifs is 1. The Morgan fingerprint density at radius 1 is 1.03 bits per heavy atom. The van der Waals surface area contributed by atoms with Crippen LogP contribution in [0.5, 0.6) is 0 Å². The molecule has 0 fully saturated rings. The van der Waals surface area contributed by atoms with Crippen molar-refractivity contribution >= 4 is 27.4 Å². The summed E-state index contributed by atoms with van der Waals surface area (Å²) in [5.41, 5.74) is 11.7. The maximum Gasteiger partial charge on any atom is 0.162 e. The third-order valence-electron chi connectivity index (χ3n) is 5.72. The molecule has 0 amide bonds. The van der Waals surface area contributed by atoms with Gasteiger partial charge in [0.2, 0.25) is 0 Å². The number of nitrogens with two attached hydrogens (primary N) is 1. The van der Waals surface area contributed by atoms with E-state index in [4.69, 9.17) is 15.7 Å². The molecule has 0 saturated carbocycles. The van der Waals surface area contributed by atoms with Gasteiger partial charge in [-0.3, -0.25) is 9.67 Å². The van der Waals surface area contributed by atoms with Gasteiger partial charge < -0.3 is 11.1 Å². The summed E-state index contributed by atoms with van der Waals surface area (Å²) in [6.07, 6.45) is 8.33. The Kier molecular flexibility index (Phi) is 6.83. The van der Waals surface area contributed by atoms with E-state index >= 15 is 0 Å². The van der Waals surface area contributed by atoms with Crippen LogP contribution in [0.3, 0.4) is 0 Å². The first-order valence-corrected chi connectivity index (χ1v) is 12.7. The van der Waals surface area contributed by atoms with Gasteiger partial charge in [0.25, 0.3) is 0 Å². The molecule has 0 aliphatic carbocycles. The third-order valence-corrected chi connectivity index (χ3v) is 6.70. The van der Waals surface area contributed by atoms with Gasteiger partial charge in [0.05, 0.1) is 16.4 Å². The number of pyridine rings is 1. The molecule has 0 spiro atoms. The fraction of sp³-hybridized carbons (Fsp3) is 0.259. The van der Waals surface area contributed by atoms with Crippen molar-refractivity contribution in [2.45, 2.75) is 32.9 Å². The molecule has 7 nitrogen and oxygen atoms in total. The van der Waals surface area contributed by atoms with Gasteiger partial charge in [-0.15, -0.1) is 11.3 Å². The Hall–Kier alpha value is -3.62. The van der Waals surface area contributed by atoms with E-state index in [1.165, 1.54) is 5.56 Å². The van der Waals surface area contributed by atoms with E-state index in [1.807, 2.05) is 41.2 Å². The molecule has 4 aromatic heterocycles. The molecule has 35 heavy (non-hydrogen) atoms. The molecule has 1 atom stereocenters. The van der Waals surface area contributed by atoms with Crippen LogP contribution in [0.1, 0.15) is 19.4 Å². The first-order valence-electron chi connectivity index (χ1n) is 11.8. The molecular weight excluding hydrogens is 454 g/mol. The summed E-state index contributed by atoms with van der Waals surface area (Å²) in [5, 5.41) is 10.2. The van der Waals surface area contributed by atoms with Crippen LogP contribution in [0.25, 0.3) is 32.7 Å². The molecule has 0 aliphatic rings. The lowest BCUT2D eigenvalue weighted by Gasteiger charge is -2.14. The zero-order valence-electron chi connectivity index (χ0n) is 19.9. The summed E-state index contributed by atoms with van der Waals surface area (Å²) in [6, 6.07) is 14.1. The van der Waals surface area contributed by atoms with E-state index in [0.29, 0.717) is 18.3 Å². The predicted molar refractivity (Wildman–Crippen MR) is 143 cm³/mol. The number of nitrogens with one attached hydrogen (secondary N) is 1. The molecular formula is C27H29N7S. The van der Waals surface area contributed by atoms with Crippen LogP contribution in [-0.2, 0) is 13.0 Å². The highest BCUT2D eigenvalue weighted by Crippen LogP contribution is 2.37. The Balaban J connectivity index is 1.48. The number of aromatic nitrogens is 5. The average molecular weight is 484 g/mol. The zero-order valence-corrected chi connectivity index (χ0v) is 20.7. The fourth-order valence-electron chi connectivity index (χ4n) is 4.07. The maximum atomic E-state index is 6.46. The Morgan fingerprint density at radius 2 is 1.83 bits per heavy atom. The maximum absolute atomic E-state index is 6.46.